The molecule has 0 aliphatic heterocycles. The molecule has 0 aromatic heterocycles. The largest absolute Gasteiger partial charge is 0.273 e. The lowest BCUT2D eigenvalue weighted by Crippen LogP contribution is -2.46. The number of carbonyl (C=O) groups excluding carboxylic acids is 1. The van der Waals surface area contributed by atoms with Crippen LogP contribution in [0.5, 0.6) is 0 Å². The zero-order valence-corrected chi connectivity index (χ0v) is 12.4. The quantitative estimate of drug-likeness (QED) is 0.714. The van der Waals surface area contributed by atoms with Crippen molar-refractivity contribution in [3.63, 3.8) is 0 Å². The van der Waals surface area contributed by atoms with Crippen LogP contribution in [0.15, 0.2) is 0 Å². The fourth-order valence-electron chi connectivity index (χ4n) is 5.42. The Bertz CT molecular complexity index is 301. The molecule has 0 saturated heterocycles. The van der Waals surface area contributed by atoms with Crippen LogP contribution in [0.25, 0.3) is 0 Å². The van der Waals surface area contributed by atoms with Crippen LogP contribution in [0.2, 0.25) is 0 Å². The molecule has 4 bridgehead atoms. The molecule has 4 aliphatic carbocycles. The second-order valence-corrected chi connectivity index (χ2v) is 7.55. The van der Waals surface area contributed by atoms with Gasteiger partial charge in [-0.1, -0.05) is 13.3 Å². The molecule has 0 unspecified atom stereocenters. The average Bonchev–Trinajstić information content (AvgIpc) is 2.34. The van der Waals surface area contributed by atoms with Gasteiger partial charge in [0.2, 0.25) is 5.91 Å². The topological polar surface area (TPSA) is 31.2 Å². The molecule has 4 aliphatic rings. The van der Waals surface area contributed by atoms with Crippen molar-refractivity contribution in [3.8, 4) is 0 Å². The maximum absolute atomic E-state index is 11.6. The molecule has 0 heterocycles. The third-order valence-electron chi connectivity index (χ3n) is 5.84. The van der Waals surface area contributed by atoms with Gasteiger partial charge in [0.25, 0.3) is 0 Å². The van der Waals surface area contributed by atoms with Gasteiger partial charge >= 0.3 is 0 Å². The van der Waals surface area contributed by atoms with Crippen molar-refractivity contribution in [1.82, 2.24) is 5.32 Å². The molecule has 0 aromatic rings. The first-order chi connectivity index (χ1) is 9.19. The maximum Gasteiger partial charge on any atom is 0.241 e. The van der Waals surface area contributed by atoms with E-state index in [0.717, 1.165) is 37.1 Å². The molecular formula is C17H28NO. The van der Waals surface area contributed by atoms with E-state index in [2.05, 4.69) is 12.2 Å². The molecule has 2 heteroatoms. The highest BCUT2D eigenvalue weighted by molar-refractivity contribution is 5.75. The van der Waals surface area contributed by atoms with Gasteiger partial charge in [0.15, 0.2) is 0 Å². The molecule has 2 nitrogen and oxygen atoms in total. The lowest BCUT2D eigenvalue weighted by atomic mass is 9.49. The van der Waals surface area contributed by atoms with Gasteiger partial charge in [-0.3, -0.25) is 10.1 Å². The summed E-state index contributed by atoms with van der Waals surface area (Å²) in [4.78, 5) is 11.6. The lowest BCUT2D eigenvalue weighted by Gasteiger charge is -2.57. The van der Waals surface area contributed by atoms with E-state index in [-0.39, 0.29) is 5.91 Å². The lowest BCUT2D eigenvalue weighted by molar-refractivity contribution is -0.121. The van der Waals surface area contributed by atoms with Crippen molar-refractivity contribution >= 4 is 5.91 Å². The molecule has 4 saturated carbocycles. The van der Waals surface area contributed by atoms with Gasteiger partial charge in [-0.2, -0.15) is 0 Å². The summed E-state index contributed by atoms with van der Waals surface area (Å²) in [6.45, 7) is 2.93. The second-order valence-electron chi connectivity index (χ2n) is 7.55. The fourth-order valence-corrected chi connectivity index (χ4v) is 5.42. The first-order valence-electron chi connectivity index (χ1n) is 8.39. The zero-order valence-electron chi connectivity index (χ0n) is 12.4. The van der Waals surface area contributed by atoms with Gasteiger partial charge in [0.05, 0.1) is 0 Å². The molecule has 4 rings (SSSR count). The maximum atomic E-state index is 11.6. The van der Waals surface area contributed by atoms with E-state index in [1.165, 1.54) is 44.9 Å². The van der Waals surface area contributed by atoms with Crippen molar-refractivity contribution in [3.05, 3.63) is 0 Å². The Labute approximate surface area is 117 Å². The van der Waals surface area contributed by atoms with E-state index in [4.69, 9.17) is 0 Å². The van der Waals surface area contributed by atoms with E-state index in [0.29, 0.717) is 11.8 Å². The average molecular weight is 262 g/mol. The van der Waals surface area contributed by atoms with Gasteiger partial charge in [0.1, 0.15) is 0 Å². The zero-order chi connectivity index (χ0) is 13.3. The summed E-state index contributed by atoms with van der Waals surface area (Å²) < 4.78 is 0. The van der Waals surface area contributed by atoms with Crippen LogP contribution in [-0.4, -0.2) is 12.5 Å². The highest BCUT2D eigenvalue weighted by Crippen LogP contribution is 2.61. The minimum Gasteiger partial charge on any atom is -0.273 e. The summed E-state index contributed by atoms with van der Waals surface area (Å²) in [5.41, 5.74) is 0.587. The van der Waals surface area contributed by atoms with Crippen LogP contribution in [0.1, 0.15) is 71.1 Å². The standard InChI is InChI=1S/C17H28NO/c1-2-3-4-16(19)18-6-5-17-10-13-7-14(11-17)9-15(8-13)12-17/h13-15H,2-12H2,1H3. The van der Waals surface area contributed by atoms with Gasteiger partial charge in [-0.15, -0.1) is 0 Å². The van der Waals surface area contributed by atoms with E-state index >= 15 is 0 Å². The molecule has 19 heavy (non-hydrogen) atoms. The summed E-state index contributed by atoms with van der Waals surface area (Å²) in [7, 11) is 0. The number of carbonyl (C=O) groups is 1. The molecule has 4 fully saturated rings. The SMILES string of the molecule is CCCCC(=O)[N]CCC12CC3CC(CC(C3)C1)C2. The van der Waals surface area contributed by atoms with Crippen LogP contribution in [0.3, 0.4) is 0 Å². The van der Waals surface area contributed by atoms with Crippen molar-refractivity contribution in [2.45, 2.75) is 71.1 Å². The first kappa shape index (κ1) is 13.5. The molecular weight excluding hydrogens is 234 g/mol. The van der Waals surface area contributed by atoms with E-state index in [9.17, 15) is 4.79 Å². The van der Waals surface area contributed by atoms with E-state index < -0.39 is 0 Å². The van der Waals surface area contributed by atoms with Crippen LogP contribution in [0, 0.1) is 23.2 Å². The third-order valence-corrected chi connectivity index (χ3v) is 5.84. The second kappa shape index (κ2) is 5.46. The Kier molecular flexibility index (Phi) is 3.86. The fraction of sp³-hybridized carbons (Fsp3) is 0.941. The van der Waals surface area contributed by atoms with Crippen LogP contribution in [-0.2, 0) is 4.79 Å². The summed E-state index contributed by atoms with van der Waals surface area (Å²) >= 11 is 0. The smallest absolute Gasteiger partial charge is 0.241 e. The van der Waals surface area contributed by atoms with Crippen molar-refractivity contribution in [2.75, 3.05) is 6.54 Å². The predicted molar refractivity (Wildman–Crippen MR) is 76.8 cm³/mol. The monoisotopic (exact) mass is 262 g/mol. The highest BCUT2D eigenvalue weighted by atomic mass is 16.1. The minimum absolute atomic E-state index is 0.145. The van der Waals surface area contributed by atoms with Gasteiger partial charge in [-0.25, -0.2) is 0 Å². The summed E-state index contributed by atoms with van der Waals surface area (Å²) in [6, 6.07) is 0. The first-order valence-corrected chi connectivity index (χ1v) is 8.39. The molecule has 1 radical (unpaired) electrons. The van der Waals surface area contributed by atoms with Crippen molar-refractivity contribution in [2.24, 2.45) is 23.2 Å². The summed E-state index contributed by atoms with van der Waals surface area (Å²) in [6.07, 6.45) is 12.8. The normalized spacial score (nSPS) is 39.5. The Morgan fingerprint density at radius 3 is 2.21 bits per heavy atom. The molecule has 0 spiro atoms. The van der Waals surface area contributed by atoms with E-state index in [1.807, 2.05) is 0 Å². The molecule has 107 valence electrons. The predicted octanol–water partition coefficient (Wildman–Crippen LogP) is 3.91. The number of hydrogen-bond acceptors (Lipinski definition) is 1. The minimum atomic E-state index is 0.145. The Morgan fingerprint density at radius 1 is 1.11 bits per heavy atom. The number of rotatable bonds is 6. The number of hydrogen-bond donors (Lipinski definition) is 0. The van der Waals surface area contributed by atoms with Crippen LogP contribution >= 0.6 is 0 Å². The van der Waals surface area contributed by atoms with Crippen molar-refractivity contribution < 1.29 is 4.79 Å². The summed E-state index contributed by atoms with van der Waals surface area (Å²) in [5, 5.41) is 4.30. The summed E-state index contributed by atoms with van der Waals surface area (Å²) in [5.74, 6) is 3.19. The Morgan fingerprint density at radius 2 is 1.68 bits per heavy atom. The molecule has 0 N–H and O–H groups in total. The molecule has 0 aromatic carbocycles. The number of amides is 1. The van der Waals surface area contributed by atoms with E-state index in [1.54, 1.807) is 0 Å². The van der Waals surface area contributed by atoms with Crippen LogP contribution in [0.4, 0.5) is 0 Å². The van der Waals surface area contributed by atoms with Gasteiger partial charge < -0.3 is 0 Å². The number of nitrogens with zero attached hydrogens (tertiary/aromatic N) is 1. The van der Waals surface area contributed by atoms with Crippen molar-refractivity contribution in [1.29, 1.82) is 0 Å². The highest BCUT2D eigenvalue weighted by Gasteiger charge is 2.50. The van der Waals surface area contributed by atoms with Gasteiger partial charge in [-0.05, 0) is 74.5 Å². The van der Waals surface area contributed by atoms with Gasteiger partial charge in [0, 0.05) is 13.0 Å². The number of unbranched alkanes of at least 4 members (excludes halogenated alkanes) is 1. The Balaban J connectivity index is 1.46. The van der Waals surface area contributed by atoms with Crippen LogP contribution < -0.4 is 5.32 Å². The Hall–Kier alpha value is -0.530. The molecule has 0 atom stereocenters. The third kappa shape index (κ3) is 2.98. The molecule has 1 amide bonds.